The zero-order valence-corrected chi connectivity index (χ0v) is 22.0. The molecule has 0 saturated carbocycles. The molecule has 3 aromatic carbocycles. The maximum absolute atomic E-state index is 13.3. The zero-order chi connectivity index (χ0) is 27.8. The third kappa shape index (κ3) is 4.82. The number of Topliss-reactive ketones (excluding diaryl/α,β-unsaturated/α-hetero) is 1. The van der Waals surface area contributed by atoms with Gasteiger partial charge in [0.25, 0.3) is 17.4 Å². The Balaban J connectivity index is 1.58. The average molecular weight is 566 g/mol. The first kappa shape index (κ1) is 26.3. The fourth-order valence-corrected chi connectivity index (χ4v) is 5.29. The van der Waals surface area contributed by atoms with Crippen LogP contribution in [-0.4, -0.2) is 45.3 Å². The number of aromatic nitrogens is 1. The van der Waals surface area contributed by atoms with Crippen LogP contribution in [0, 0.1) is 10.1 Å². The Morgan fingerprint density at radius 1 is 1.10 bits per heavy atom. The highest BCUT2D eigenvalue weighted by Crippen LogP contribution is 2.41. The quantitative estimate of drug-likeness (QED) is 0.0922. The van der Waals surface area contributed by atoms with E-state index < -0.39 is 28.4 Å². The average Bonchev–Trinajstić information content (AvgIpc) is 3.44. The Morgan fingerprint density at radius 3 is 2.51 bits per heavy atom. The minimum atomic E-state index is -1.00. The molecular weight excluding hydrogens is 545 g/mol. The first-order valence-electron chi connectivity index (χ1n) is 11.8. The first-order chi connectivity index (χ1) is 18.7. The van der Waals surface area contributed by atoms with Crippen molar-refractivity contribution in [3.8, 4) is 5.75 Å². The molecule has 1 fully saturated rings. The highest BCUT2D eigenvalue weighted by Gasteiger charge is 2.46. The van der Waals surface area contributed by atoms with Crippen molar-refractivity contribution in [2.45, 2.75) is 12.5 Å². The van der Waals surface area contributed by atoms with E-state index in [2.05, 4.69) is 4.98 Å². The molecule has 0 radical (unpaired) electrons. The summed E-state index contributed by atoms with van der Waals surface area (Å²) in [5, 5.41) is 23.8. The van der Waals surface area contributed by atoms with Gasteiger partial charge in [-0.15, -0.1) is 0 Å². The van der Waals surface area contributed by atoms with Gasteiger partial charge in [0, 0.05) is 46.4 Å². The van der Waals surface area contributed by atoms with Crippen LogP contribution < -0.4 is 4.74 Å². The molecule has 0 bridgehead atoms. The molecule has 2 N–H and O–H groups in total. The number of nitrogens with zero attached hydrogens (tertiary/aromatic N) is 2. The van der Waals surface area contributed by atoms with Crippen LogP contribution in [0.5, 0.6) is 5.75 Å². The number of aliphatic hydroxyl groups excluding tert-OH is 1. The normalized spacial score (nSPS) is 16.7. The van der Waals surface area contributed by atoms with Crippen LogP contribution in [0.15, 0.2) is 72.4 Å². The molecule has 0 spiro atoms. The smallest absolute Gasteiger partial charge is 0.295 e. The lowest BCUT2D eigenvalue weighted by Gasteiger charge is -2.25. The summed E-state index contributed by atoms with van der Waals surface area (Å²) in [7, 11) is 1.57. The molecule has 198 valence electrons. The summed E-state index contributed by atoms with van der Waals surface area (Å²) in [5.41, 5.74) is 2.02. The minimum absolute atomic E-state index is 0.0985. The van der Waals surface area contributed by atoms with Gasteiger partial charge in [-0.25, -0.2) is 0 Å². The van der Waals surface area contributed by atoms with Gasteiger partial charge in [0.1, 0.15) is 11.5 Å². The molecule has 1 saturated heterocycles. The monoisotopic (exact) mass is 565 g/mol. The number of non-ortho nitro benzene ring substituents is 1. The van der Waals surface area contributed by atoms with Gasteiger partial charge in [-0.05, 0) is 66.1 Å². The number of nitro benzene ring substituents is 1. The van der Waals surface area contributed by atoms with Crippen LogP contribution >= 0.6 is 23.2 Å². The van der Waals surface area contributed by atoms with Gasteiger partial charge in [0.2, 0.25) is 0 Å². The number of ketones is 1. The number of carbonyl (C=O) groups is 2. The lowest BCUT2D eigenvalue weighted by Crippen LogP contribution is -2.31. The second kappa shape index (κ2) is 10.4. The van der Waals surface area contributed by atoms with Crippen LogP contribution in [0.2, 0.25) is 10.0 Å². The van der Waals surface area contributed by atoms with Crippen molar-refractivity contribution in [2.75, 3.05) is 13.7 Å². The second-order valence-electron chi connectivity index (χ2n) is 8.94. The number of aromatic amines is 1. The number of fused-ring (bicyclic) bond motifs is 1. The predicted molar refractivity (Wildman–Crippen MR) is 147 cm³/mol. The summed E-state index contributed by atoms with van der Waals surface area (Å²) in [6.07, 6.45) is 2.21. The minimum Gasteiger partial charge on any atom is -0.507 e. The molecule has 39 heavy (non-hydrogen) atoms. The maximum atomic E-state index is 13.3. The van der Waals surface area contributed by atoms with Gasteiger partial charge in [0.05, 0.1) is 28.7 Å². The van der Waals surface area contributed by atoms with E-state index in [0.29, 0.717) is 22.8 Å². The van der Waals surface area contributed by atoms with Crippen molar-refractivity contribution >= 4 is 57.2 Å². The topological polar surface area (TPSA) is 126 Å². The summed E-state index contributed by atoms with van der Waals surface area (Å²) >= 11 is 12.3. The third-order valence-electron chi connectivity index (χ3n) is 6.74. The van der Waals surface area contributed by atoms with Crippen molar-refractivity contribution < 1.29 is 24.4 Å². The lowest BCUT2D eigenvalue weighted by atomic mass is 9.95. The van der Waals surface area contributed by atoms with E-state index in [4.69, 9.17) is 27.9 Å². The number of hydrogen-bond donors (Lipinski definition) is 2. The first-order valence-corrected chi connectivity index (χ1v) is 12.6. The number of H-pyrrole nitrogens is 1. The van der Waals surface area contributed by atoms with Crippen molar-refractivity contribution in [2.24, 2.45) is 0 Å². The molecule has 1 aliphatic rings. The second-order valence-corrected chi connectivity index (χ2v) is 9.78. The Hall–Kier alpha value is -4.34. The molecule has 1 unspecified atom stereocenters. The zero-order valence-electron chi connectivity index (χ0n) is 20.5. The molecule has 2 heterocycles. The number of rotatable bonds is 7. The number of nitro groups is 1. The van der Waals surface area contributed by atoms with E-state index in [9.17, 15) is 24.8 Å². The lowest BCUT2D eigenvalue weighted by molar-refractivity contribution is -0.384. The summed E-state index contributed by atoms with van der Waals surface area (Å²) in [5.74, 6) is -1.47. The highest BCUT2D eigenvalue weighted by atomic mass is 35.5. The molecule has 1 amide bonds. The van der Waals surface area contributed by atoms with Crippen molar-refractivity contribution in [1.29, 1.82) is 0 Å². The van der Waals surface area contributed by atoms with E-state index in [1.54, 1.807) is 7.11 Å². The molecule has 11 heteroatoms. The van der Waals surface area contributed by atoms with Gasteiger partial charge in [-0.1, -0.05) is 23.2 Å². The molecule has 9 nitrogen and oxygen atoms in total. The number of halogens is 2. The van der Waals surface area contributed by atoms with Gasteiger partial charge < -0.3 is 19.7 Å². The number of methoxy groups -OCH3 is 1. The van der Waals surface area contributed by atoms with Crippen LogP contribution in [0.1, 0.15) is 22.7 Å². The maximum Gasteiger partial charge on any atom is 0.295 e. The Morgan fingerprint density at radius 2 is 1.85 bits per heavy atom. The van der Waals surface area contributed by atoms with Gasteiger partial charge in [0.15, 0.2) is 0 Å². The fraction of sp³-hybridized carbons (Fsp3) is 0.143. The Kier molecular flexibility index (Phi) is 7.03. The number of benzene rings is 3. The predicted octanol–water partition coefficient (Wildman–Crippen LogP) is 6.06. The molecule has 4 aromatic rings. The highest BCUT2D eigenvalue weighted by molar-refractivity contribution is 6.47. The van der Waals surface area contributed by atoms with Crippen molar-refractivity contribution in [3.63, 3.8) is 0 Å². The Labute approximate surface area is 232 Å². The Bertz CT molecular complexity index is 1660. The molecule has 1 aliphatic heterocycles. The molecule has 1 aromatic heterocycles. The fourth-order valence-electron chi connectivity index (χ4n) is 4.79. The van der Waals surface area contributed by atoms with Gasteiger partial charge in [-0.3, -0.25) is 19.7 Å². The van der Waals surface area contributed by atoms with Gasteiger partial charge in [-0.2, -0.15) is 0 Å². The van der Waals surface area contributed by atoms with Crippen molar-refractivity contribution in [3.05, 3.63) is 109 Å². The molecular formula is C28H21Cl2N3O6. The number of nitrogens with one attached hydrogen (secondary N) is 1. The largest absolute Gasteiger partial charge is 0.507 e. The summed E-state index contributed by atoms with van der Waals surface area (Å²) in [6, 6.07) is 14.5. The van der Waals surface area contributed by atoms with Crippen LogP contribution in [-0.2, 0) is 16.0 Å². The molecule has 0 aliphatic carbocycles. The van der Waals surface area contributed by atoms with E-state index >= 15 is 0 Å². The van der Waals surface area contributed by atoms with E-state index in [1.165, 1.54) is 47.4 Å². The number of aliphatic hydroxyl groups is 1. The van der Waals surface area contributed by atoms with Gasteiger partial charge >= 0.3 is 0 Å². The van der Waals surface area contributed by atoms with Crippen LogP contribution in [0.25, 0.3) is 16.7 Å². The molecule has 1 atom stereocenters. The van der Waals surface area contributed by atoms with E-state index in [1.807, 2.05) is 24.4 Å². The number of hydrogen-bond acceptors (Lipinski definition) is 6. The third-order valence-corrected chi connectivity index (χ3v) is 7.29. The number of likely N-dealkylation sites (tertiary alicyclic amines) is 1. The number of carbonyl (C=O) groups excluding carboxylic acids is 2. The summed E-state index contributed by atoms with van der Waals surface area (Å²) in [4.78, 5) is 41.8. The van der Waals surface area contributed by atoms with Crippen LogP contribution in [0.3, 0.4) is 0 Å². The van der Waals surface area contributed by atoms with Crippen LogP contribution in [0.4, 0.5) is 5.69 Å². The van der Waals surface area contributed by atoms with Crippen molar-refractivity contribution in [1.82, 2.24) is 9.88 Å². The number of amides is 1. The number of ether oxygens (including phenoxy) is 1. The van der Waals surface area contributed by atoms with E-state index in [0.717, 1.165) is 16.5 Å². The summed E-state index contributed by atoms with van der Waals surface area (Å²) < 4.78 is 5.33. The molecule has 5 rings (SSSR count). The summed E-state index contributed by atoms with van der Waals surface area (Å²) in [6.45, 7) is 0.127. The SMILES string of the molecule is COc1ccc2[nH]cc(CCN3C(=O)C(=O)/C(=C(\O)c4ccc(Cl)cc4Cl)C3c3ccc([N+](=O)[O-])cc3)c2c1. The van der Waals surface area contributed by atoms with E-state index in [-0.39, 0.29) is 28.4 Å². The standard InChI is InChI=1S/C28H21Cl2N3O6/c1-39-19-7-9-23-21(13-19)16(14-31-23)10-11-32-25(15-2-5-18(6-3-15)33(37)38)24(27(35)28(32)36)26(34)20-8-4-17(29)12-22(20)30/h2-9,12-14,25,31,34H,10-11H2,1H3/b26-24-.